The van der Waals surface area contributed by atoms with E-state index in [0.29, 0.717) is 5.69 Å². The van der Waals surface area contributed by atoms with E-state index in [1.165, 1.54) is 11.1 Å². The molecule has 0 saturated heterocycles. The number of hydrogen-bond donors (Lipinski definition) is 0. The van der Waals surface area contributed by atoms with Gasteiger partial charge in [0.25, 0.3) is 0 Å². The van der Waals surface area contributed by atoms with E-state index in [1.54, 1.807) is 24.4 Å². The van der Waals surface area contributed by atoms with Gasteiger partial charge >= 0.3 is 20.1 Å². The number of nitrogens with zero attached hydrogens (tertiary/aromatic N) is 6. The Bertz CT molecular complexity index is 1410. The molecule has 0 spiro atoms. The van der Waals surface area contributed by atoms with Gasteiger partial charge < -0.3 is 16.8 Å². The van der Waals surface area contributed by atoms with E-state index in [9.17, 15) is 8.78 Å². The standard InChI is InChI=1S/C16H17N4.C11H6F2N.CN.Ir/c1-11-9-12(2)14(16-6-8-20(4)18-16)10-13(11)15-5-7-19(3)17-15;12-8-4-5-9(10(13)7-8)11-3-1-2-6-14-11;1-2;/h5-9H,1-4H3;1-4,6-7H;;/q3*-1;+3. The van der Waals surface area contributed by atoms with Crippen molar-refractivity contribution in [1.82, 2.24) is 24.5 Å². The third-order valence-electron chi connectivity index (χ3n) is 5.19. The third kappa shape index (κ3) is 7.26. The molecule has 6 nitrogen and oxygen atoms in total. The van der Waals surface area contributed by atoms with E-state index in [4.69, 9.17) is 11.8 Å². The van der Waals surface area contributed by atoms with Crippen molar-refractivity contribution in [1.29, 1.82) is 5.26 Å². The molecular formula is C28H23F2IrN6. The SMILES string of the molecule is Cc1cc(C)c(-c2ccn(C)n2)[c-]c1-c1ccn(C)n1.Fc1c[c-]c(-c2ccccn2)c(F)c1.[C-]#N.[Ir+3]. The molecule has 9 heteroatoms. The Kier molecular flexibility index (Phi) is 10.6. The van der Waals surface area contributed by atoms with Gasteiger partial charge in [-0.1, -0.05) is 60.9 Å². The molecule has 188 valence electrons. The van der Waals surface area contributed by atoms with E-state index in [0.717, 1.165) is 34.6 Å². The van der Waals surface area contributed by atoms with Gasteiger partial charge in [-0.3, -0.25) is 18.1 Å². The van der Waals surface area contributed by atoms with E-state index >= 15 is 0 Å². The molecule has 0 aliphatic carbocycles. The molecule has 0 bridgehead atoms. The average Bonchev–Trinajstić information content (AvgIpc) is 3.49. The summed E-state index contributed by atoms with van der Waals surface area (Å²) in [7, 11) is 3.85. The monoisotopic (exact) mass is 674 g/mol. The van der Waals surface area contributed by atoms with Crippen LogP contribution in [0.15, 0.2) is 67.1 Å². The summed E-state index contributed by atoms with van der Waals surface area (Å²) in [5, 5.41) is 15.2. The van der Waals surface area contributed by atoms with E-state index in [1.807, 2.05) is 48.0 Å². The van der Waals surface area contributed by atoms with E-state index in [-0.39, 0.29) is 25.7 Å². The van der Waals surface area contributed by atoms with Crippen LogP contribution < -0.4 is 0 Å². The minimum absolute atomic E-state index is 0. The zero-order chi connectivity index (χ0) is 26.2. The summed E-state index contributed by atoms with van der Waals surface area (Å²) in [6, 6.07) is 19.2. The molecule has 3 aromatic heterocycles. The van der Waals surface area contributed by atoms with Crippen LogP contribution in [0.4, 0.5) is 8.78 Å². The summed E-state index contributed by atoms with van der Waals surface area (Å²) in [5.74, 6) is -1.29. The molecule has 5 rings (SSSR count). The van der Waals surface area contributed by atoms with Crippen LogP contribution in [0.3, 0.4) is 0 Å². The molecule has 2 aromatic carbocycles. The fourth-order valence-corrected chi connectivity index (χ4v) is 3.57. The zero-order valence-corrected chi connectivity index (χ0v) is 23.0. The molecule has 0 unspecified atom stereocenters. The van der Waals surface area contributed by atoms with Crippen LogP contribution in [0.2, 0.25) is 0 Å². The number of aromatic nitrogens is 5. The molecule has 0 saturated carbocycles. The smallest absolute Gasteiger partial charge is 0.512 e. The van der Waals surface area contributed by atoms with Crippen LogP contribution in [0.1, 0.15) is 11.1 Å². The van der Waals surface area contributed by atoms with Crippen molar-refractivity contribution in [3.63, 3.8) is 0 Å². The molecule has 0 aliphatic rings. The van der Waals surface area contributed by atoms with Crippen molar-refractivity contribution in [3.8, 4) is 33.8 Å². The summed E-state index contributed by atoms with van der Waals surface area (Å²) >= 11 is 0. The van der Waals surface area contributed by atoms with Crippen molar-refractivity contribution >= 4 is 0 Å². The molecule has 0 radical (unpaired) electrons. The summed E-state index contributed by atoms with van der Waals surface area (Å²) in [6.07, 6.45) is 5.44. The van der Waals surface area contributed by atoms with Gasteiger partial charge in [0, 0.05) is 55.7 Å². The predicted octanol–water partition coefficient (Wildman–Crippen LogP) is 5.83. The number of halogens is 2. The van der Waals surface area contributed by atoms with Gasteiger partial charge in [0.1, 0.15) is 0 Å². The van der Waals surface area contributed by atoms with Crippen molar-refractivity contribution in [2.75, 3.05) is 0 Å². The summed E-state index contributed by atoms with van der Waals surface area (Å²) < 4.78 is 29.4. The van der Waals surface area contributed by atoms with Crippen LogP contribution in [-0.4, -0.2) is 24.5 Å². The first-order chi connectivity index (χ1) is 17.3. The summed E-state index contributed by atoms with van der Waals surface area (Å²) in [6.45, 7) is 8.94. The summed E-state index contributed by atoms with van der Waals surface area (Å²) in [5.41, 5.74) is 6.97. The number of hydrogen-bond acceptors (Lipinski definition) is 4. The van der Waals surface area contributed by atoms with Crippen LogP contribution in [0, 0.1) is 49.4 Å². The molecule has 5 aromatic rings. The Labute approximate surface area is 228 Å². The maximum atomic E-state index is 13.2. The van der Waals surface area contributed by atoms with Crippen molar-refractivity contribution < 1.29 is 28.9 Å². The van der Waals surface area contributed by atoms with Gasteiger partial charge in [0.15, 0.2) is 0 Å². The van der Waals surface area contributed by atoms with Crippen molar-refractivity contribution in [3.05, 3.63) is 109 Å². The number of rotatable bonds is 3. The Balaban J connectivity index is 0.000000250. The quantitative estimate of drug-likeness (QED) is 0.226. The zero-order valence-electron chi connectivity index (χ0n) is 20.6. The molecular weight excluding hydrogens is 651 g/mol. The second kappa shape index (κ2) is 13.4. The van der Waals surface area contributed by atoms with Crippen LogP contribution >= 0.6 is 0 Å². The maximum absolute atomic E-state index is 13.2. The van der Waals surface area contributed by atoms with E-state index in [2.05, 4.69) is 47.2 Å². The molecule has 0 N–H and O–H groups in total. The van der Waals surface area contributed by atoms with E-state index < -0.39 is 11.6 Å². The van der Waals surface area contributed by atoms with Gasteiger partial charge in [0.2, 0.25) is 0 Å². The first-order valence-corrected chi connectivity index (χ1v) is 10.9. The first-order valence-electron chi connectivity index (χ1n) is 10.9. The largest absolute Gasteiger partial charge is 3.00 e. The molecule has 37 heavy (non-hydrogen) atoms. The number of benzene rings is 2. The summed E-state index contributed by atoms with van der Waals surface area (Å²) in [4.78, 5) is 3.95. The minimum Gasteiger partial charge on any atom is -0.512 e. The third-order valence-corrected chi connectivity index (χ3v) is 5.19. The number of aryl methyl sites for hydroxylation is 4. The molecule has 0 amide bonds. The fraction of sp³-hybridized carbons (Fsp3) is 0.143. The Hall–Kier alpha value is -3.99. The molecule has 0 atom stereocenters. The second-order valence-corrected chi connectivity index (χ2v) is 7.89. The average molecular weight is 674 g/mol. The Morgan fingerprint density at radius 3 is 1.81 bits per heavy atom. The van der Waals surface area contributed by atoms with Crippen LogP contribution in [-0.2, 0) is 34.2 Å². The molecule has 0 aliphatic heterocycles. The van der Waals surface area contributed by atoms with Crippen molar-refractivity contribution in [2.24, 2.45) is 14.1 Å². The van der Waals surface area contributed by atoms with Gasteiger partial charge in [-0.05, 0) is 11.8 Å². The Morgan fingerprint density at radius 1 is 0.811 bits per heavy atom. The second-order valence-electron chi connectivity index (χ2n) is 7.89. The number of pyridine rings is 1. The maximum Gasteiger partial charge on any atom is 3.00 e. The van der Waals surface area contributed by atoms with Crippen LogP contribution in [0.25, 0.3) is 33.8 Å². The molecule has 0 fully saturated rings. The normalized spacial score (nSPS) is 9.84. The van der Waals surface area contributed by atoms with Crippen molar-refractivity contribution in [2.45, 2.75) is 13.8 Å². The predicted molar refractivity (Wildman–Crippen MR) is 133 cm³/mol. The molecule has 3 heterocycles. The van der Waals surface area contributed by atoms with Gasteiger partial charge in [-0.25, -0.2) is 10.2 Å². The Morgan fingerprint density at radius 2 is 1.38 bits per heavy atom. The topological polar surface area (TPSA) is 72.3 Å². The fourth-order valence-electron chi connectivity index (χ4n) is 3.57. The minimum atomic E-state index is -0.649. The van der Waals surface area contributed by atoms with Gasteiger partial charge in [-0.2, -0.15) is 0 Å². The first kappa shape index (κ1) is 29.2. The van der Waals surface area contributed by atoms with Gasteiger partial charge in [0.05, 0.1) is 0 Å². The van der Waals surface area contributed by atoms with Crippen LogP contribution in [0.5, 0.6) is 0 Å². The van der Waals surface area contributed by atoms with Gasteiger partial charge in [-0.15, -0.1) is 35.4 Å².